The number of para-hydroxylation sites is 1. The third-order valence-electron chi connectivity index (χ3n) is 2.70. The molecule has 2 N–H and O–H groups in total. The second-order valence-electron chi connectivity index (χ2n) is 4.45. The predicted octanol–water partition coefficient (Wildman–Crippen LogP) is 2.61. The highest BCUT2D eigenvalue weighted by molar-refractivity contribution is 5.85. The molecule has 0 bridgehead atoms. The highest BCUT2D eigenvalue weighted by atomic mass is 16.2. The molecule has 0 radical (unpaired) electrons. The van der Waals surface area contributed by atoms with Gasteiger partial charge in [-0.2, -0.15) is 5.10 Å². The van der Waals surface area contributed by atoms with E-state index in [9.17, 15) is 4.79 Å². The van der Waals surface area contributed by atoms with Crippen LogP contribution >= 0.6 is 0 Å². The lowest BCUT2D eigenvalue weighted by atomic mass is 10.1. The minimum Gasteiger partial charge on any atom is -0.361 e. The van der Waals surface area contributed by atoms with Crippen molar-refractivity contribution in [1.29, 1.82) is 0 Å². The van der Waals surface area contributed by atoms with Crippen LogP contribution in [0.2, 0.25) is 0 Å². The van der Waals surface area contributed by atoms with Gasteiger partial charge in [0.15, 0.2) is 0 Å². The molecule has 1 heterocycles. The van der Waals surface area contributed by atoms with E-state index < -0.39 is 0 Å². The fourth-order valence-corrected chi connectivity index (χ4v) is 1.82. The Balaban J connectivity index is 1.98. The highest BCUT2D eigenvalue weighted by Gasteiger charge is 2.05. The Kier molecular flexibility index (Phi) is 3.77. The van der Waals surface area contributed by atoms with Crippen LogP contribution in [0.4, 0.5) is 0 Å². The number of hydrogen-bond donors (Lipinski definition) is 2. The van der Waals surface area contributed by atoms with Gasteiger partial charge in [-0.05, 0) is 31.9 Å². The van der Waals surface area contributed by atoms with Crippen molar-refractivity contribution in [2.75, 3.05) is 0 Å². The molecule has 2 rings (SSSR count). The molecule has 0 atom stereocenters. The first-order valence-corrected chi connectivity index (χ1v) is 6.01. The lowest BCUT2D eigenvalue weighted by Gasteiger charge is -2.00. The summed E-state index contributed by atoms with van der Waals surface area (Å²) in [5.74, 6) is -0.0542. The zero-order valence-corrected chi connectivity index (χ0v) is 10.7. The van der Waals surface area contributed by atoms with Crippen LogP contribution in [0.25, 0.3) is 10.9 Å². The summed E-state index contributed by atoms with van der Waals surface area (Å²) in [5.41, 5.74) is 5.65. The van der Waals surface area contributed by atoms with E-state index in [0.29, 0.717) is 12.8 Å². The van der Waals surface area contributed by atoms with Crippen LogP contribution in [-0.4, -0.2) is 16.6 Å². The minimum atomic E-state index is -0.0542. The number of hydrazone groups is 1. The molecule has 0 unspecified atom stereocenters. The second-order valence-corrected chi connectivity index (χ2v) is 4.45. The van der Waals surface area contributed by atoms with Crippen LogP contribution in [0, 0.1) is 0 Å². The zero-order valence-electron chi connectivity index (χ0n) is 10.7. The lowest BCUT2D eigenvalue weighted by Crippen LogP contribution is -2.18. The summed E-state index contributed by atoms with van der Waals surface area (Å²) in [6.45, 7) is 3.69. The average Bonchev–Trinajstić information content (AvgIpc) is 2.77. The maximum Gasteiger partial charge on any atom is 0.240 e. The standard InChI is InChI=1S/C14H17N3O/c1-10(2)16-17-14(18)8-7-11-9-15-13-6-4-3-5-12(11)13/h3-6,9,15H,7-8H2,1-2H3,(H,17,18). The Morgan fingerprint density at radius 1 is 1.33 bits per heavy atom. The molecule has 1 amide bonds. The Morgan fingerprint density at radius 2 is 2.11 bits per heavy atom. The van der Waals surface area contributed by atoms with E-state index in [-0.39, 0.29) is 5.91 Å². The second kappa shape index (κ2) is 5.49. The largest absolute Gasteiger partial charge is 0.361 e. The van der Waals surface area contributed by atoms with E-state index >= 15 is 0 Å². The van der Waals surface area contributed by atoms with Crippen molar-refractivity contribution in [2.24, 2.45) is 5.10 Å². The van der Waals surface area contributed by atoms with Gasteiger partial charge >= 0.3 is 0 Å². The van der Waals surface area contributed by atoms with Crippen molar-refractivity contribution in [1.82, 2.24) is 10.4 Å². The van der Waals surface area contributed by atoms with Crippen molar-refractivity contribution in [3.63, 3.8) is 0 Å². The predicted molar refractivity (Wildman–Crippen MR) is 73.5 cm³/mol. The number of fused-ring (bicyclic) bond motifs is 1. The van der Waals surface area contributed by atoms with Gasteiger partial charge in [-0.1, -0.05) is 18.2 Å². The lowest BCUT2D eigenvalue weighted by molar-refractivity contribution is -0.121. The van der Waals surface area contributed by atoms with Crippen LogP contribution in [-0.2, 0) is 11.2 Å². The number of hydrogen-bond acceptors (Lipinski definition) is 2. The topological polar surface area (TPSA) is 57.2 Å². The third kappa shape index (κ3) is 2.97. The molecule has 4 heteroatoms. The first kappa shape index (κ1) is 12.4. The van der Waals surface area contributed by atoms with Crippen LogP contribution in [0.5, 0.6) is 0 Å². The van der Waals surface area contributed by atoms with Crippen molar-refractivity contribution in [2.45, 2.75) is 26.7 Å². The number of aryl methyl sites for hydroxylation is 1. The number of aromatic nitrogens is 1. The van der Waals surface area contributed by atoms with Crippen molar-refractivity contribution >= 4 is 22.5 Å². The minimum absolute atomic E-state index is 0.0542. The van der Waals surface area contributed by atoms with Crippen LogP contribution in [0.15, 0.2) is 35.6 Å². The molecule has 2 aromatic rings. The van der Waals surface area contributed by atoms with E-state index in [1.165, 1.54) is 5.39 Å². The molecule has 0 aliphatic carbocycles. The SMILES string of the molecule is CC(C)=NNC(=O)CCc1c[nH]c2ccccc12. The van der Waals surface area contributed by atoms with Crippen LogP contribution in [0.1, 0.15) is 25.8 Å². The number of aromatic amines is 1. The van der Waals surface area contributed by atoms with Crippen molar-refractivity contribution in [3.05, 3.63) is 36.0 Å². The maximum atomic E-state index is 11.6. The van der Waals surface area contributed by atoms with Crippen LogP contribution < -0.4 is 5.43 Å². The van der Waals surface area contributed by atoms with Gasteiger partial charge in [0.25, 0.3) is 0 Å². The van der Waals surface area contributed by atoms with Gasteiger partial charge in [0.1, 0.15) is 0 Å². The Hall–Kier alpha value is -2.10. The summed E-state index contributed by atoms with van der Waals surface area (Å²) < 4.78 is 0. The summed E-state index contributed by atoms with van der Waals surface area (Å²) in [7, 11) is 0. The van der Waals surface area contributed by atoms with Gasteiger partial charge in [0.2, 0.25) is 5.91 Å². The summed E-state index contributed by atoms with van der Waals surface area (Å²) in [5, 5.41) is 5.08. The zero-order chi connectivity index (χ0) is 13.0. The molecule has 0 saturated carbocycles. The quantitative estimate of drug-likeness (QED) is 0.629. The van der Waals surface area contributed by atoms with E-state index in [0.717, 1.165) is 16.8 Å². The number of amides is 1. The summed E-state index contributed by atoms with van der Waals surface area (Å²) in [6.07, 6.45) is 3.12. The molecule has 18 heavy (non-hydrogen) atoms. The fourth-order valence-electron chi connectivity index (χ4n) is 1.82. The molecule has 0 aliphatic rings. The molecule has 0 fully saturated rings. The number of rotatable bonds is 4. The molecule has 0 aliphatic heterocycles. The first-order valence-electron chi connectivity index (χ1n) is 6.01. The number of carbonyl (C=O) groups is 1. The average molecular weight is 243 g/mol. The fraction of sp³-hybridized carbons (Fsp3) is 0.286. The van der Waals surface area contributed by atoms with Gasteiger partial charge in [-0.15, -0.1) is 0 Å². The van der Waals surface area contributed by atoms with E-state index in [1.54, 1.807) is 0 Å². The van der Waals surface area contributed by atoms with Gasteiger partial charge in [-0.3, -0.25) is 4.79 Å². The van der Waals surface area contributed by atoms with Gasteiger partial charge in [0.05, 0.1) is 0 Å². The number of carbonyl (C=O) groups excluding carboxylic acids is 1. The number of benzene rings is 1. The molecule has 1 aromatic carbocycles. The van der Waals surface area contributed by atoms with Gasteiger partial charge < -0.3 is 4.98 Å². The van der Waals surface area contributed by atoms with Crippen molar-refractivity contribution < 1.29 is 4.79 Å². The molecule has 94 valence electrons. The third-order valence-corrected chi connectivity index (χ3v) is 2.70. The monoisotopic (exact) mass is 243 g/mol. The molecule has 1 aromatic heterocycles. The van der Waals surface area contributed by atoms with E-state index in [2.05, 4.69) is 21.6 Å². The number of H-pyrrole nitrogens is 1. The Morgan fingerprint density at radius 3 is 2.89 bits per heavy atom. The normalized spacial score (nSPS) is 10.3. The summed E-state index contributed by atoms with van der Waals surface area (Å²) in [6, 6.07) is 8.09. The van der Waals surface area contributed by atoms with Crippen molar-refractivity contribution in [3.8, 4) is 0 Å². The van der Waals surface area contributed by atoms with Gasteiger partial charge in [-0.25, -0.2) is 5.43 Å². The summed E-state index contributed by atoms with van der Waals surface area (Å²) in [4.78, 5) is 14.8. The number of nitrogens with zero attached hydrogens (tertiary/aromatic N) is 1. The molecule has 0 saturated heterocycles. The number of nitrogens with one attached hydrogen (secondary N) is 2. The smallest absolute Gasteiger partial charge is 0.240 e. The Bertz CT molecular complexity index is 579. The highest BCUT2D eigenvalue weighted by Crippen LogP contribution is 2.18. The molecule has 4 nitrogen and oxygen atoms in total. The van der Waals surface area contributed by atoms with E-state index in [4.69, 9.17) is 0 Å². The maximum absolute atomic E-state index is 11.6. The molecular formula is C14H17N3O. The molecular weight excluding hydrogens is 226 g/mol. The van der Waals surface area contributed by atoms with Crippen LogP contribution in [0.3, 0.4) is 0 Å². The molecule has 0 spiro atoms. The first-order chi connectivity index (χ1) is 8.66. The van der Waals surface area contributed by atoms with E-state index in [1.807, 2.05) is 38.2 Å². The Labute approximate surface area is 106 Å². The summed E-state index contributed by atoms with van der Waals surface area (Å²) >= 11 is 0. The van der Waals surface area contributed by atoms with Gasteiger partial charge in [0, 0.05) is 29.2 Å².